The first kappa shape index (κ1) is 79.1. The van der Waals surface area contributed by atoms with Gasteiger partial charge in [-0.1, -0.05) is 0 Å². The number of carbonyl (C=O) groups is 4. The molecule has 6 atom stereocenters. The van der Waals surface area contributed by atoms with Gasteiger partial charge in [-0.15, -0.1) is 52.7 Å². The topological polar surface area (TPSA) is 275 Å². The van der Waals surface area contributed by atoms with E-state index in [1.54, 1.807) is 0 Å². The van der Waals surface area contributed by atoms with Crippen LogP contribution < -0.4 is 18.9 Å². The number of hydrogen-bond acceptors (Lipinski definition) is 24. The van der Waals surface area contributed by atoms with E-state index in [0.29, 0.717) is 0 Å². The Morgan fingerprint density at radius 1 is 0.319 bits per heavy atom. The van der Waals surface area contributed by atoms with Crippen molar-refractivity contribution in [2.75, 3.05) is 119 Å². The average molecular weight is 1380 g/mol. The third kappa shape index (κ3) is 36.3. The minimum Gasteiger partial charge on any atom is -0.459 e. The molecule has 0 saturated carbocycles. The Bertz CT molecular complexity index is 2610. The van der Waals surface area contributed by atoms with E-state index in [9.17, 15) is 82.1 Å². The first-order valence-electron chi connectivity index (χ1n) is 27.9. The van der Waals surface area contributed by atoms with E-state index in [2.05, 4.69) is 18.9 Å². The number of carbonyl (C=O) groups excluding carboxylic acids is 4. The third-order valence-corrected chi connectivity index (χ3v) is 11.2. The van der Waals surface area contributed by atoms with Crippen LogP contribution in [-0.2, 0) is 66.3 Å². The fourth-order valence-electron chi connectivity index (χ4n) is 7.13. The Morgan fingerprint density at radius 2 is 0.543 bits per heavy atom. The summed E-state index contributed by atoms with van der Waals surface area (Å²) in [5.74, 6) is -6.01. The minimum atomic E-state index is -4.97. The van der Waals surface area contributed by atoms with Crippen molar-refractivity contribution in [3.05, 3.63) is 119 Å². The van der Waals surface area contributed by atoms with E-state index in [0.717, 1.165) is 97.1 Å². The highest BCUT2D eigenvalue weighted by Gasteiger charge is 2.34. The molecule has 0 aliphatic carbocycles. The average Bonchev–Trinajstić information content (AvgIpc) is 1.20. The molecule has 6 unspecified atom stereocenters. The predicted octanol–water partition coefficient (Wildman–Crippen LogP) is 8.33. The normalized spacial score (nSPS) is 14.0. The van der Waals surface area contributed by atoms with Crippen LogP contribution in [-0.4, -0.2) is 215 Å². The summed E-state index contributed by atoms with van der Waals surface area (Å²) in [5, 5.41) is 20.4. The minimum absolute atomic E-state index is 0.0100. The third-order valence-electron chi connectivity index (χ3n) is 11.2. The Hall–Kier alpha value is -7.36. The van der Waals surface area contributed by atoms with Gasteiger partial charge in [-0.25, -0.2) is 19.2 Å². The molecular weight excluding hydrogens is 1310 g/mol. The molecule has 0 amide bonds. The lowest BCUT2D eigenvalue weighted by Gasteiger charge is -2.23. The van der Waals surface area contributed by atoms with Gasteiger partial charge in [-0.2, -0.15) is 0 Å². The van der Waals surface area contributed by atoms with Gasteiger partial charge in [0, 0.05) is 0 Å². The Kier molecular flexibility index (Phi) is 34.3. The van der Waals surface area contributed by atoms with E-state index in [1.165, 1.54) is 13.8 Å². The maximum atomic E-state index is 12.8. The smallest absolute Gasteiger partial charge is 0.459 e. The number of aliphatic hydroxyl groups excluding tert-OH is 2. The number of alkyl halides is 12. The second-order valence-corrected chi connectivity index (χ2v) is 18.9. The summed E-state index contributed by atoms with van der Waals surface area (Å²) in [4.78, 5) is 50.1. The molecule has 24 nitrogen and oxygen atoms in total. The SMILES string of the molecule is CC(OCCOCCOCCOC(C)OC(COCCOCC(O)COC(=O)c1ccc(OC(F)(F)F)cc1)COC(=O)c1ccc(OC(F)(F)F)cc1)OC(COCCOCC(O)COC(=O)c1ccc(OC(F)(F)F)cc1)COC(=O)c1ccc(OC(F)(F)F)cc1. The van der Waals surface area contributed by atoms with Crippen LogP contribution in [0, 0.1) is 0 Å². The molecule has 0 saturated heterocycles. The number of rotatable bonds is 45. The number of aliphatic hydroxyl groups is 2. The zero-order chi connectivity index (χ0) is 69.2. The Labute approximate surface area is 527 Å². The van der Waals surface area contributed by atoms with Gasteiger partial charge in [-0.05, 0) is 111 Å². The summed E-state index contributed by atoms with van der Waals surface area (Å²) in [6.45, 7) is -0.189. The van der Waals surface area contributed by atoms with Crippen molar-refractivity contribution < 1.29 is 167 Å². The van der Waals surface area contributed by atoms with Crippen molar-refractivity contribution in [2.45, 2.75) is 76.3 Å². The molecule has 0 aliphatic rings. The summed E-state index contributed by atoms with van der Waals surface area (Å²) < 4.78 is 242. The van der Waals surface area contributed by atoms with Crippen molar-refractivity contribution in [1.82, 2.24) is 0 Å². The number of esters is 4. The van der Waals surface area contributed by atoms with Gasteiger partial charge in [0.25, 0.3) is 0 Å². The highest BCUT2D eigenvalue weighted by molar-refractivity contribution is 5.91. The number of hydrogen-bond donors (Lipinski definition) is 2. The highest BCUT2D eigenvalue weighted by atomic mass is 19.4. The molecule has 0 heterocycles. The van der Waals surface area contributed by atoms with E-state index in [-0.39, 0.29) is 115 Å². The molecule has 36 heteroatoms. The first-order valence-corrected chi connectivity index (χ1v) is 27.9. The van der Waals surface area contributed by atoms with Crippen LogP contribution in [0.15, 0.2) is 97.1 Å². The van der Waals surface area contributed by atoms with Crippen molar-refractivity contribution in [1.29, 1.82) is 0 Å². The zero-order valence-corrected chi connectivity index (χ0v) is 49.8. The summed E-state index contributed by atoms with van der Waals surface area (Å²) in [5.41, 5.74) is -0.465. The van der Waals surface area contributed by atoms with Crippen LogP contribution in [0.25, 0.3) is 0 Å². The fraction of sp³-hybridized carbons (Fsp3) is 0.517. The molecule has 0 aliphatic heterocycles. The second kappa shape index (κ2) is 40.8. The highest BCUT2D eigenvalue weighted by Crippen LogP contribution is 2.27. The van der Waals surface area contributed by atoms with Crippen molar-refractivity contribution in [3.63, 3.8) is 0 Å². The Morgan fingerprint density at radius 3 is 0.798 bits per heavy atom. The lowest BCUT2D eigenvalue weighted by Crippen LogP contribution is -2.33. The van der Waals surface area contributed by atoms with Crippen LogP contribution in [0.4, 0.5) is 52.7 Å². The van der Waals surface area contributed by atoms with Gasteiger partial charge in [0.2, 0.25) is 0 Å². The van der Waals surface area contributed by atoms with Crippen LogP contribution in [0.1, 0.15) is 55.3 Å². The summed E-state index contributed by atoms with van der Waals surface area (Å²) in [6.07, 6.45) is -26.3. The fourth-order valence-corrected chi connectivity index (χ4v) is 7.13. The lowest BCUT2D eigenvalue weighted by molar-refractivity contribution is -0.275. The van der Waals surface area contributed by atoms with Crippen molar-refractivity contribution in [2.24, 2.45) is 0 Å². The monoisotopic (exact) mass is 1370 g/mol. The van der Waals surface area contributed by atoms with Crippen LogP contribution in [0.5, 0.6) is 23.0 Å². The van der Waals surface area contributed by atoms with Gasteiger partial charge in [-0.3, -0.25) is 0 Å². The van der Waals surface area contributed by atoms with Crippen LogP contribution in [0.2, 0.25) is 0 Å². The molecular formula is C58H66F12O24. The zero-order valence-electron chi connectivity index (χ0n) is 49.8. The number of halogens is 12. The van der Waals surface area contributed by atoms with Gasteiger partial charge in [0.05, 0.1) is 115 Å². The van der Waals surface area contributed by atoms with E-state index in [1.807, 2.05) is 0 Å². The molecule has 4 aromatic carbocycles. The number of benzene rings is 4. The maximum Gasteiger partial charge on any atom is 0.573 e. The first-order chi connectivity index (χ1) is 44.4. The molecule has 0 radical (unpaired) electrons. The maximum absolute atomic E-state index is 12.8. The Balaban J connectivity index is 1.14. The van der Waals surface area contributed by atoms with Crippen molar-refractivity contribution in [3.8, 4) is 23.0 Å². The molecule has 4 aromatic rings. The quantitative estimate of drug-likeness (QED) is 0.0138. The molecule has 2 N–H and O–H groups in total. The van der Waals surface area contributed by atoms with E-state index in [4.69, 9.17) is 66.3 Å². The molecule has 0 aromatic heterocycles. The molecule has 0 spiro atoms. The summed E-state index contributed by atoms with van der Waals surface area (Å²) in [7, 11) is 0. The summed E-state index contributed by atoms with van der Waals surface area (Å²) in [6, 6.07) is 15.6. The summed E-state index contributed by atoms with van der Waals surface area (Å²) >= 11 is 0. The van der Waals surface area contributed by atoms with E-state index >= 15 is 0 Å². The van der Waals surface area contributed by atoms with Gasteiger partial charge in [0.1, 0.15) is 73.8 Å². The molecule has 94 heavy (non-hydrogen) atoms. The van der Waals surface area contributed by atoms with Gasteiger partial charge in [0.15, 0.2) is 12.6 Å². The molecule has 526 valence electrons. The lowest BCUT2D eigenvalue weighted by atomic mass is 10.2. The predicted molar refractivity (Wildman–Crippen MR) is 291 cm³/mol. The molecule has 0 fully saturated rings. The van der Waals surface area contributed by atoms with Crippen molar-refractivity contribution >= 4 is 23.9 Å². The van der Waals surface area contributed by atoms with Gasteiger partial charge < -0.3 is 95.5 Å². The standard InChI is InChI=1S/C58H66F12O24/c1-37(89-49(35-87-53(75)41-7-15-47(16-8-41)93-57(65,66)67)33-81-23-21-79-29-43(71)31-85-51(73)39-3-11-45(12-4-39)91-55(59,60)61)83-27-25-77-19-20-78-26-28-84-38(2)90-50(36-88-54(76)42-9-17-48(18-10-42)94-58(68,69)70)34-82-24-22-80-30-44(72)32-86-52(74)40-5-13-46(14-6-40)92-56(62,63)64/h3-18,37-38,43-44,49-50,71-72H,19-36H2,1-2H3. The van der Waals surface area contributed by atoms with E-state index < -0.39 is 136 Å². The number of ether oxygens (including phenoxy) is 18. The molecule has 4 rings (SSSR count). The van der Waals surface area contributed by atoms with Gasteiger partial charge >= 0.3 is 49.3 Å². The largest absolute Gasteiger partial charge is 0.573 e. The molecule has 0 bridgehead atoms. The van der Waals surface area contributed by atoms with Crippen LogP contribution in [0.3, 0.4) is 0 Å². The van der Waals surface area contributed by atoms with Crippen LogP contribution >= 0.6 is 0 Å². The second-order valence-electron chi connectivity index (χ2n) is 18.9.